The number of thioether (sulfide) groups is 1. The first-order chi connectivity index (χ1) is 8.88. The van der Waals surface area contributed by atoms with Crippen LogP contribution in [0, 0.1) is 0 Å². The third-order valence-electron chi connectivity index (χ3n) is 2.56. The average Bonchev–Trinajstić information content (AvgIpc) is 2.35. The Morgan fingerprint density at radius 3 is 2.84 bits per heavy atom. The minimum Gasteiger partial charge on any atom is -0.387 e. The highest BCUT2D eigenvalue weighted by atomic mass is 35.5. The van der Waals surface area contributed by atoms with Crippen LogP contribution in [0.1, 0.15) is 29.9 Å². The molecule has 19 heavy (non-hydrogen) atoms. The van der Waals surface area contributed by atoms with Crippen LogP contribution in [0.4, 0.5) is 0 Å². The summed E-state index contributed by atoms with van der Waals surface area (Å²) in [5.41, 5.74) is 0.324. The van der Waals surface area contributed by atoms with Crippen molar-refractivity contribution in [3.05, 3.63) is 28.5 Å². The second-order valence-electron chi connectivity index (χ2n) is 4.64. The van der Waals surface area contributed by atoms with Crippen LogP contribution in [-0.2, 0) is 6.42 Å². The van der Waals surface area contributed by atoms with Gasteiger partial charge in [0.05, 0.1) is 5.60 Å². The van der Waals surface area contributed by atoms with Crippen molar-refractivity contribution in [1.82, 2.24) is 10.3 Å². The number of aryl methyl sites for hydroxylation is 1. The van der Waals surface area contributed by atoms with Crippen LogP contribution in [0.15, 0.2) is 12.1 Å². The first-order valence-corrected chi connectivity index (χ1v) is 7.81. The summed E-state index contributed by atoms with van der Waals surface area (Å²) in [5, 5.41) is 13.0. The lowest BCUT2D eigenvalue weighted by atomic mass is 10.1. The zero-order valence-electron chi connectivity index (χ0n) is 11.4. The van der Waals surface area contributed by atoms with Crippen molar-refractivity contribution < 1.29 is 9.90 Å². The van der Waals surface area contributed by atoms with Crippen LogP contribution in [0.3, 0.4) is 0 Å². The van der Waals surface area contributed by atoms with Crippen LogP contribution >= 0.6 is 23.4 Å². The third kappa shape index (κ3) is 5.38. The van der Waals surface area contributed by atoms with Gasteiger partial charge in [0, 0.05) is 23.6 Å². The van der Waals surface area contributed by atoms with Gasteiger partial charge in [-0.25, -0.2) is 4.98 Å². The molecule has 0 aliphatic rings. The second-order valence-corrected chi connectivity index (χ2v) is 5.89. The maximum absolute atomic E-state index is 12.0. The Hall–Kier alpha value is -0.780. The summed E-state index contributed by atoms with van der Waals surface area (Å²) in [4.78, 5) is 16.1. The maximum atomic E-state index is 12.0. The number of nitrogens with zero attached hydrogens (tertiary/aromatic N) is 1. The molecule has 0 saturated heterocycles. The number of aliphatic hydroxyl groups is 1. The molecule has 0 saturated carbocycles. The molecule has 1 aromatic rings. The van der Waals surface area contributed by atoms with Gasteiger partial charge in [0.25, 0.3) is 5.91 Å². The lowest BCUT2D eigenvalue weighted by molar-refractivity contribution is 0.0725. The molecule has 1 aromatic heterocycles. The number of nitrogens with one attached hydrogen (secondary N) is 1. The van der Waals surface area contributed by atoms with E-state index >= 15 is 0 Å². The summed E-state index contributed by atoms with van der Waals surface area (Å²) in [7, 11) is 0. The van der Waals surface area contributed by atoms with Gasteiger partial charge in [-0.2, -0.15) is 11.8 Å². The Labute approximate surface area is 123 Å². The molecule has 0 aliphatic carbocycles. The number of rotatable bonds is 6. The van der Waals surface area contributed by atoms with Gasteiger partial charge in [-0.1, -0.05) is 18.5 Å². The molecular weight excluding hydrogens is 284 g/mol. The number of carbonyl (C=O) groups excluding carboxylic acids is 1. The van der Waals surface area contributed by atoms with Gasteiger partial charge in [-0.15, -0.1) is 0 Å². The lowest BCUT2D eigenvalue weighted by Gasteiger charge is -2.22. The summed E-state index contributed by atoms with van der Waals surface area (Å²) in [6.45, 7) is 3.85. The van der Waals surface area contributed by atoms with Gasteiger partial charge >= 0.3 is 0 Å². The lowest BCUT2D eigenvalue weighted by Crippen LogP contribution is -2.42. The molecule has 2 N–H and O–H groups in total. The number of amides is 1. The first-order valence-electron chi connectivity index (χ1n) is 6.04. The van der Waals surface area contributed by atoms with E-state index in [0.717, 1.165) is 5.69 Å². The van der Waals surface area contributed by atoms with Crippen molar-refractivity contribution in [2.75, 3.05) is 18.6 Å². The van der Waals surface area contributed by atoms with Crippen LogP contribution in [0.25, 0.3) is 0 Å². The Bertz CT molecular complexity index is 452. The molecule has 1 atom stereocenters. The van der Waals surface area contributed by atoms with Crippen molar-refractivity contribution in [1.29, 1.82) is 0 Å². The monoisotopic (exact) mass is 302 g/mol. The van der Waals surface area contributed by atoms with E-state index < -0.39 is 5.60 Å². The Morgan fingerprint density at radius 1 is 1.58 bits per heavy atom. The molecule has 0 aromatic carbocycles. The van der Waals surface area contributed by atoms with Crippen molar-refractivity contribution in [3.8, 4) is 0 Å². The molecule has 0 aliphatic heterocycles. The van der Waals surface area contributed by atoms with E-state index in [1.807, 2.05) is 13.2 Å². The normalized spacial score (nSPS) is 13.9. The van der Waals surface area contributed by atoms with Gasteiger partial charge in [-0.05, 0) is 31.7 Å². The molecule has 1 heterocycles. The maximum Gasteiger partial charge on any atom is 0.251 e. The fourth-order valence-corrected chi connectivity index (χ4v) is 2.55. The molecule has 1 unspecified atom stereocenters. The number of hydrogen-bond donors (Lipinski definition) is 2. The SMILES string of the molecule is CCc1cc(C(=O)NCC(C)(O)CSC)cc(Cl)n1. The largest absolute Gasteiger partial charge is 0.387 e. The standard InChI is InChI=1S/C13H19ClN2O2S/c1-4-10-5-9(6-11(14)16-10)12(17)15-7-13(2,18)8-19-3/h5-6,18H,4,7-8H2,1-3H3,(H,15,17). The summed E-state index contributed by atoms with van der Waals surface area (Å²) >= 11 is 7.40. The van der Waals surface area contributed by atoms with Crippen LogP contribution in [0.2, 0.25) is 5.15 Å². The molecule has 1 amide bonds. The minimum atomic E-state index is -0.917. The van der Waals surface area contributed by atoms with Gasteiger partial charge in [0.1, 0.15) is 5.15 Å². The molecule has 0 spiro atoms. The van der Waals surface area contributed by atoms with E-state index in [1.165, 1.54) is 17.8 Å². The topological polar surface area (TPSA) is 62.2 Å². The van der Waals surface area contributed by atoms with E-state index in [9.17, 15) is 9.90 Å². The fourth-order valence-electron chi connectivity index (χ4n) is 1.60. The molecule has 6 heteroatoms. The van der Waals surface area contributed by atoms with E-state index in [0.29, 0.717) is 22.9 Å². The molecular formula is C13H19ClN2O2S. The van der Waals surface area contributed by atoms with Gasteiger partial charge < -0.3 is 10.4 Å². The van der Waals surface area contributed by atoms with E-state index in [1.54, 1.807) is 13.0 Å². The third-order valence-corrected chi connectivity index (χ3v) is 3.66. The highest BCUT2D eigenvalue weighted by Gasteiger charge is 2.21. The number of aromatic nitrogens is 1. The summed E-state index contributed by atoms with van der Waals surface area (Å²) in [5.74, 6) is 0.310. The Kier molecular flexibility index (Phi) is 6.10. The number of pyridine rings is 1. The molecule has 0 fully saturated rings. The van der Waals surface area contributed by atoms with Crippen molar-refractivity contribution in [2.24, 2.45) is 0 Å². The highest BCUT2D eigenvalue weighted by Crippen LogP contribution is 2.13. The molecule has 1 rings (SSSR count). The predicted octanol–water partition coefficient (Wildman–Crippen LogP) is 2.14. The summed E-state index contributed by atoms with van der Waals surface area (Å²) in [6.07, 6.45) is 2.62. The molecule has 0 bridgehead atoms. The first kappa shape index (κ1) is 16.3. The van der Waals surface area contributed by atoms with Crippen molar-refractivity contribution in [3.63, 3.8) is 0 Å². The fraction of sp³-hybridized carbons (Fsp3) is 0.538. The zero-order chi connectivity index (χ0) is 14.5. The van der Waals surface area contributed by atoms with E-state index in [-0.39, 0.29) is 12.5 Å². The van der Waals surface area contributed by atoms with Gasteiger partial charge in [0.2, 0.25) is 0 Å². The van der Waals surface area contributed by atoms with Crippen molar-refractivity contribution >= 4 is 29.3 Å². The predicted molar refractivity (Wildman–Crippen MR) is 80.0 cm³/mol. The minimum absolute atomic E-state index is 0.202. The number of carbonyl (C=O) groups is 1. The zero-order valence-corrected chi connectivity index (χ0v) is 12.9. The van der Waals surface area contributed by atoms with Crippen LogP contribution in [-0.4, -0.2) is 40.2 Å². The van der Waals surface area contributed by atoms with Gasteiger partial charge in [0.15, 0.2) is 0 Å². The second kappa shape index (κ2) is 7.12. The van der Waals surface area contributed by atoms with Crippen molar-refractivity contribution in [2.45, 2.75) is 25.9 Å². The quantitative estimate of drug-likeness (QED) is 0.790. The molecule has 4 nitrogen and oxygen atoms in total. The van der Waals surface area contributed by atoms with E-state index in [4.69, 9.17) is 11.6 Å². The smallest absolute Gasteiger partial charge is 0.251 e. The van der Waals surface area contributed by atoms with Crippen LogP contribution in [0.5, 0.6) is 0 Å². The molecule has 106 valence electrons. The average molecular weight is 303 g/mol. The summed E-state index contributed by atoms with van der Waals surface area (Å²) < 4.78 is 0. The summed E-state index contributed by atoms with van der Waals surface area (Å²) in [6, 6.07) is 3.24. The Balaban J connectivity index is 2.71. The number of halogens is 1. The highest BCUT2D eigenvalue weighted by molar-refractivity contribution is 7.98. The van der Waals surface area contributed by atoms with Gasteiger partial charge in [-0.3, -0.25) is 4.79 Å². The molecule has 0 radical (unpaired) electrons. The van der Waals surface area contributed by atoms with Crippen LogP contribution < -0.4 is 5.32 Å². The Morgan fingerprint density at radius 2 is 2.26 bits per heavy atom. The van der Waals surface area contributed by atoms with E-state index in [2.05, 4.69) is 10.3 Å². The number of hydrogen-bond acceptors (Lipinski definition) is 4.